The molecule has 0 bridgehead atoms. The van der Waals surface area contributed by atoms with Crippen LogP contribution in [0.5, 0.6) is 0 Å². The third kappa shape index (κ3) is 2.03. The standard InChI is InChI=1S/C13H20N6O/c1-13(2,20-4)12-17-16-11-10(14-5-6-19(11)12)9-7-15-18(3)8-9/h7-8,10,14H,5-6H2,1-4H3. The minimum atomic E-state index is -0.442. The average molecular weight is 276 g/mol. The highest BCUT2D eigenvalue weighted by Gasteiger charge is 2.33. The summed E-state index contributed by atoms with van der Waals surface area (Å²) in [5.74, 6) is 1.79. The van der Waals surface area contributed by atoms with Gasteiger partial charge in [-0.1, -0.05) is 0 Å². The maximum atomic E-state index is 5.53. The Hall–Kier alpha value is -1.73. The first kappa shape index (κ1) is 13.3. The van der Waals surface area contributed by atoms with Crippen molar-refractivity contribution >= 4 is 0 Å². The van der Waals surface area contributed by atoms with E-state index in [1.807, 2.05) is 33.3 Å². The highest BCUT2D eigenvalue weighted by molar-refractivity contribution is 5.22. The summed E-state index contributed by atoms with van der Waals surface area (Å²) in [6.07, 6.45) is 3.87. The number of hydrogen-bond donors (Lipinski definition) is 1. The van der Waals surface area contributed by atoms with Gasteiger partial charge in [-0.25, -0.2) is 0 Å². The van der Waals surface area contributed by atoms with Crippen LogP contribution in [-0.2, 0) is 23.9 Å². The average Bonchev–Trinajstić information content (AvgIpc) is 3.04. The highest BCUT2D eigenvalue weighted by atomic mass is 16.5. The van der Waals surface area contributed by atoms with Gasteiger partial charge >= 0.3 is 0 Å². The molecule has 0 aliphatic carbocycles. The van der Waals surface area contributed by atoms with Gasteiger partial charge < -0.3 is 14.6 Å². The number of nitrogens with zero attached hydrogens (tertiary/aromatic N) is 5. The third-order valence-corrected chi connectivity index (χ3v) is 3.83. The molecule has 0 radical (unpaired) electrons. The number of hydrogen-bond acceptors (Lipinski definition) is 5. The molecule has 0 fully saturated rings. The lowest BCUT2D eigenvalue weighted by Crippen LogP contribution is -2.36. The minimum absolute atomic E-state index is 0.0337. The molecular formula is C13H20N6O. The normalized spacial score (nSPS) is 19.1. The predicted molar refractivity (Wildman–Crippen MR) is 73.1 cm³/mol. The van der Waals surface area contributed by atoms with Crippen molar-refractivity contribution in [2.24, 2.45) is 7.05 Å². The lowest BCUT2D eigenvalue weighted by molar-refractivity contribution is 0.00772. The molecule has 1 N–H and O–H groups in total. The number of aromatic nitrogens is 5. The van der Waals surface area contributed by atoms with Gasteiger partial charge in [-0.05, 0) is 13.8 Å². The van der Waals surface area contributed by atoms with Gasteiger partial charge in [-0.2, -0.15) is 5.10 Å². The van der Waals surface area contributed by atoms with E-state index in [9.17, 15) is 0 Å². The van der Waals surface area contributed by atoms with E-state index in [1.54, 1.807) is 11.8 Å². The summed E-state index contributed by atoms with van der Waals surface area (Å²) in [6.45, 7) is 5.73. The Labute approximate surface area is 117 Å². The van der Waals surface area contributed by atoms with E-state index < -0.39 is 5.60 Å². The quantitative estimate of drug-likeness (QED) is 0.888. The van der Waals surface area contributed by atoms with Crippen molar-refractivity contribution in [2.75, 3.05) is 13.7 Å². The first-order valence-electron chi connectivity index (χ1n) is 6.73. The molecule has 0 aromatic carbocycles. The summed E-state index contributed by atoms with van der Waals surface area (Å²) in [5.41, 5.74) is 0.657. The number of methoxy groups -OCH3 is 1. The monoisotopic (exact) mass is 276 g/mol. The van der Waals surface area contributed by atoms with E-state index in [-0.39, 0.29) is 6.04 Å². The Morgan fingerprint density at radius 3 is 2.85 bits per heavy atom. The first-order valence-corrected chi connectivity index (χ1v) is 6.73. The molecule has 108 valence electrons. The molecule has 1 atom stereocenters. The van der Waals surface area contributed by atoms with Gasteiger partial charge in [0.2, 0.25) is 0 Å². The van der Waals surface area contributed by atoms with Crippen LogP contribution in [0.3, 0.4) is 0 Å². The molecule has 2 aromatic heterocycles. The van der Waals surface area contributed by atoms with Crippen LogP contribution >= 0.6 is 0 Å². The van der Waals surface area contributed by atoms with Crippen LogP contribution in [0.25, 0.3) is 0 Å². The summed E-state index contributed by atoms with van der Waals surface area (Å²) < 4.78 is 9.48. The zero-order chi connectivity index (χ0) is 14.3. The Balaban J connectivity index is 2.03. The van der Waals surface area contributed by atoms with E-state index in [0.717, 1.165) is 30.3 Å². The number of aryl methyl sites for hydroxylation is 1. The van der Waals surface area contributed by atoms with Crippen LogP contribution < -0.4 is 5.32 Å². The van der Waals surface area contributed by atoms with Gasteiger partial charge in [-0.15, -0.1) is 10.2 Å². The van der Waals surface area contributed by atoms with Crippen molar-refractivity contribution in [3.05, 3.63) is 29.6 Å². The number of fused-ring (bicyclic) bond motifs is 1. The molecule has 7 heteroatoms. The molecule has 20 heavy (non-hydrogen) atoms. The second-order valence-corrected chi connectivity index (χ2v) is 5.58. The van der Waals surface area contributed by atoms with Crippen LogP contribution in [0.4, 0.5) is 0 Å². The lowest BCUT2D eigenvalue weighted by atomic mass is 10.1. The van der Waals surface area contributed by atoms with E-state index >= 15 is 0 Å². The van der Waals surface area contributed by atoms with E-state index in [2.05, 4.69) is 25.2 Å². The summed E-state index contributed by atoms with van der Waals surface area (Å²) >= 11 is 0. The zero-order valence-corrected chi connectivity index (χ0v) is 12.3. The van der Waals surface area contributed by atoms with Crippen molar-refractivity contribution in [1.29, 1.82) is 0 Å². The van der Waals surface area contributed by atoms with Gasteiger partial charge in [0.25, 0.3) is 0 Å². The van der Waals surface area contributed by atoms with Gasteiger partial charge in [-0.3, -0.25) is 4.68 Å². The number of rotatable bonds is 3. The van der Waals surface area contributed by atoms with Crippen molar-refractivity contribution in [3.63, 3.8) is 0 Å². The van der Waals surface area contributed by atoms with Gasteiger partial charge in [0.05, 0.1) is 12.2 Å². The fourth-order valence-corrected chi connectivity index (χ4v) is 2.55. The molecular weight excluding hydrogens is 256 g/mol. The van der Waals surface area contributed by atoms with Crippen molar-refractivity contribution in [3.8, 4) is 0 Å². The molecule has 1 unspecified atom stereocenters. The molecule has 0 saturated heterocycles. The van der Waals surface area contributed by atoms with Gasteiger partial charge in [0.1, 0.15) is 5.60 Å². The van der Waals surface area contributed by atoms with Crippen LogP contribution in [-0.4, -0.2) is 38.2 Å². The maximum Gasteiger partial charge on any atom is 0.164 e. The zero-order valence-electron chi connectivity index (χ0n) is 12.3. The van der Waals surface area contributed by atoms with E-state index in [1.165, 1.54) is 0 Å². The van der Waals surface area contributed by atoms with Crippen molar-refractivity contribution < 1.29 is 4.74 Å². The van der Waals surface area contributed by atoms with E-state index in [4.69, 9.17) is 4.74 Å². The number of nitrogens with one attached hydrogen (secondary N) is 1. The largest absolute Gasteiger partial charge is 0.371 e. The SMILES string of the molecule is COC(C)(C)c1nnc2n1CCNC2c1cnn(C)c1. The summed E-state index contributed by atoms with van der Waals surface area (Å²) in [6, 6.07) is 0.0337. The summed E-state index contributed by atoms with van der Waals surface area (Å²) in [4.78, 5) is 0. The van der Waals surface area contributed by atoms with Crippen LogP contribution in [0, 0.1) is 0 Å². The van der Waals surface area contributed by atoms with Gasteiger partial charge in [0, 0.05) is 39.0 Å². The van der Waals surface area contributed by atoms with Crippen molar-refractivity contribution in [1.82, 2.24) is 29.9 Å². The Morgan fingerprint density at radius 2 is 2.20 bits per heavy atom. The Morgan fingerprint density at radius 1 is 1.40 bits per heavy atom. The van der Waals surface area contributed by atoms with Crippen LogP contribution in [0.15, 0.2) is 12.4 Å². The molecule has 0 amide bonds. The fourth-order valence-electron chi connectivity index (χ4n) is 2.55. The van der Waals surface area contributed by atoms with Gasteiger partial charge in [0.15, 0.2) is 11.6 Å². The van der Waals surface area contributed by atoms with Crippen LogP contribution in [0.2, 0.25) is 0 Å². The van der Waals surface area contributed by atoms with Crippen molar-refractivity contribution in [2.45, 2.75) is 32.0 Å². The predicted octanol–water partition coefficient (Wildman–Crippen LogP) is 0.586. The molecule has 2 aromatic rings. The maximum absolute atomic E-state index is 5.53. The Kier molecular flexibility index (Phi) is 3.10. The molecule has 0 spiro atoms. The number of ether oxygens (including phenoxy) is 1. The fraction of sp³-hybridized carbons (Fsp3) is 0.615. The smallest absolute Gasteiger partial charge is 0.164 e. The lowest BCUT2D eigenvalue weighted by Gasteiger charge is -2.28. The summed E-state index contributed by atoms with van der Waals surface area (Å²) in [7, 11) is 3.61. The Bertz CT molecular complexity index is 614. The van der Waals surface area contributed by atoms with Crippen LogP contribution in [0.1, 0.15) is 37.1 Å². The highest BCUT2D eigenvalue weighted by Crippen LogP contribution is 2.28. The molecule has 3 heterocycles. The molecule has 0 saturated carbocycles. The third-order valence-electron chi connectivity index (χ3n) is 3.83. The second-order valence-electron chi connectivity index (χ2n) is 5.58. The topological polar surface area (TPSA) is 69.8 Å². The summed E-state index contributed by atoms with van der Waals surface area (Å²) in [5, 5.41) is 16.4. The van der Waals surface area contributed by atoms with E-state index in [0.29, 0.717) is 0 Å². The minimum Gasteiger partial charge on any atom is -0.371 e. The second kappa shape index (κ2) is 4.68. The first-order chi connectivity index (χ1) is 9.53. The molecule has 3 rings (SSSR count). The molecule has 7 nitrogen and oxygen atoms in total. The molecule has 1 aliphatic heterocycles. The molecule has 1 aliphatic rings.